The van der Waals surface area contributed by atoms with Crippen molar-refractivity contribution in [2.24, 2.45) is 0 Å². The van der Waals surface area contributed by atoms with Crippen LogP contribution in [0.4, 0.5) is 10.6 Å². The van der Waals surface area contributed by atoms with Gasteiger partial charge in [-0.3, -0.25) is 14.5 Å². The second-order valence-corrected chi connectivity index (χ2v) is 8.86. The third-order valence-electron chi connectivity index (χ3n) is 6.02. The van der Waals surface area contributed by atoms with Gasteiger partial charge >= 0.3 is 6.03 Å². The normalized spacial score (nSPS) is 17.7. The van der Waals surface area contributed by atoms with Gasteiger partial charge < -0.3 is 10.6 Å². The second kappa shape index (κ2) is 9.13. The number of rotatable bonds is 7. The molecule has 34 heavy (non-hydrogen) atoms. The average Bonchev–Trinajstić information content (AvgIpc) is 3.27. The lowest BCUT2D eigenvalue weighted by molar-refractivity contribution is -0.133. The highest BCUT2D eigenvalue weighted by atomic mass is 16.2. The van der Waals surface area contributed by atoms with E-state index in [9.17, 15) is 14.4 Å². The Balaban J connectivity index is 1.49. The van der Waals surface area contributed by atoms with Gasteiger partial charge in [-0.05, 0) is 50.5 Å². The first kappa shape index (κ1) is 23.2. The Hall–Kier alpha value is -3.94. The van der Waals surface area contributed by atoms with Crippen LogP contribution >= 0.6 is 0 Å². The Morgan fingerprint density at radius 1 is 1.06 bits per heavy atom. The summed E-state index contributed by atoms with van der Waals surface area (Å²) >= 11 is 0. The summed E-state index contributed by atoms with van der Waals surface area (Å²) in [5.41, 5.74) is 3.26. The van der Waals surface area contributed by atoms with E-state index in [4.69, 9.17) is 0 Å². The van der Waals surface area contributed by atoms with Crippen LogP contribution < -0.4 is 10.6 Å². The van der Waals surface area contributed by atoms with Gasteiger partial charge in [0.05, 0.1) is 11.4 Å². The standard InChI is InChI=1S/C26H29N5O3/c1-5-6-19-9-11-20(12-10-19)26(4)24(33)30(25(34)28-26)16-23(32)27-22-15-18(3)29-31(22)21-13-7-17(2)8-14-21/h7-15H,5-6,16H2,1-4H3,(H,27,32)(H,28,34). The SMILES string of the molecule is CCCc1ccc(C2(C)NC(=O)N(CC(=O)Nc3cc(C)nn3-c3ccc(C)cc3)C2=O)cc1. The number of aromatic nitrogens is 2. The summed E-state index contributed by atoms with van der Waals surface area (Å²) in [5.74, 6) is -0.480. The highest BCUT2D eigenvalue weighted by molar-refractivity contribution is 6.10. The molecule has 0 saturated carbocycles. The van der Waals surface area contributed by atoms with Gasteiger partial charge in [0, 0.05) is 6.07 Å². The number of anilines is 1. The second-order valence-electron chi connectivity index (χ2n) is 8.86. The lowest BCUT2D eigenvalue weighted by Gasteiger charge is -2.22. The van der Waals surface area contributed by atoms with Crippen molar-refractivity contribution in [1.82, 2.24) is 20.0 Å². The number of carbonyl (C=O) groups is 3. The maximum atomic E-state index is 13.2. The molecule has 2 aromatic carbocycles. The number of nitrogens with zero attached hydrogens (tertiary/aromatic N) is 3. The molecule has 1 aliphatic heterocycles. The lowest BCUT2D eigenvalue weighted by atomic mass is 9.91. The molecule has 2 N–H and O–H groups in total. The number of benzene rings is 2. The molecule has 1 aliphatic rings. The van der Waals surface area contributed by atoms with E-state index in [2.05, 4.69) is 22.7 Å². The van der Waals surface area contributed by atoms with E-state index >= 15 is 0 Å². The van der Waals surface area contributed by atoms with Crippen molar-refractivity contribution in [2.75, 3.05) is 11.9 Å². The third kappa shape index (κ3) is 4.44. The van der Waals surface area contributed by atoms with Gasteiger partial charge in [-0.2, -0.15) is 5.10 Å². The van der Waals surface area contributed by atoms with Crippen molar-refractivity contribution in [3.8, 4) is 5.69 Å². The first-order valence-corrected chi connectivity index (χ1v) is 11.4. The molecular formula is C26H29N5O3. The summed E-state index contributed by atoms with van der Waals surface area (Å²) in [7, 11) is 0. The summed E-state index contributed by atoms with van der Waals surface area (Å²) < 4.78 is 1.63. The van der Waals surface area contributed by atoms with Crippen molar-refractivity contribution in [3.63, 3.8) is 0 Å². The van der Waals surface area contributed by atoms with Crippen molar-refractivity contribution in [1.29, 1.82) is 0 Å². The third-order valence-corrected chi connectivity index (χ3v) is 6.02. The summed E-state index contributed by atoms with van der Waals surface area (Å²) in [6.07, 6.45) is 1.97. The smallest absolute Gasteiger partial charge is 0.319 e. The van der Waals surface area contributed by atoms with Gasteiger partial charge in [0.1, 0.15) is 17.9 Å². The zero-order chi connectivity index (χ0) is 24.5. The lowest BCUT2D eigenvalue weighted by Crippen LogP contribution is -2.42. The molecule has 0 aliphatic carbocycles. The van der Waals surface area contributed by atoms with Crippen LogP contribution in [0.15, 0.2) is 54.6 Å². The van der Waals surface area contributed by atoms with Gasteiger partial charge in [-0.15, -0.1) is 0 Å². The molecule has 0 spiro atoms. The van der Waals surface area contributed by atoms with E-state index in [1.54, 1.807) is 17.7 Å². The van der Waals surface area contributed by atoms with Crippen LogP contribution in [0.2, 0.25) is 0 Å². The maximum absolute atomic E-state index is 13.2. The molecule has 1 unspecified atom stereocenters. The molecular weight excluding hydrogens is 430 g/mol. The first-order chi connectivity index (χ1) is 16.2. The zero-order valence-corrected chi connectivity index (χ0v) is 19.9. The minimum absolute atomic E-state index is 0.397. The van der Waals surface area contributed by atoms with Crippen molar-refractivity contribution in [3.05, 3.63) is 77.0 Å². The molecule has 8 heteroatoms. The van der Waals surface area contributed by atoms with Crippen LogP contribution in [0.5, 0.6) is 0 Å². The van der Waals surface area contributed by atoms with E-state index in [1.165, 1.54) is 5.56 Å². The molecule has 1 atom stereocenters. The molecule has 0 radical (unpaired) electrons. The van der Waals surface area contributed by atoms with E-state index in [1.807, 2.05) is 62.4 Å². The zero-order valence-electron chi connectivity index (χ0n) is 19.9. The number of nitrogens with one attached hydrogen (secondary N) is 2. The molecule has 176 valence electrons. The van der Waals surface area contributed by atoms with Gasteiger partial charge in [-0.1, -0.05) is 55.3 Å². The Morgan fingerprint density at radius 3 is 2.38 bits per heavy atom. The molecule has 1 fully saturated rings. The monoisotopic (exact) mass is 459 g/mol. The average molecular weight is 460 g/mol. The van der Waals surface area contributed by atoms with Crippen LogP contribution in [-0.4, -0.2) is 39.1 Å². The van der Waals surface area contributed by atoms with E-state index in [-0.39, 0.29) is 0 Å². The van der Waals surface area contributed by atoms with Crippen LogP contribution in [0.25, 0.3) is 5.69 Å². The van der Waals surface area contributed by atoms with Gasteiger partial charge in [0.15, 0.2) is 0 Å². The fraction of sp³-hybridized carbons (Fsp3) is 0.308. The quantitative estimate of drug-likeness (QED) is 0.525. The molecule has 3 aromatic rings. The fourth-order valence-electron chi connectivity index (χ4n) is 4.13. The highest BCUT2D eigenvalue weighted by Crippen LogP contribution is 2.29. The van der Waals surface area contributed by atoms with Crippen LogP contribution in [-0.2, 0) is 21.5 Å². The topological polar surface area (TPSA) is 96.3 Å². The Bertz CT molecular complexity index is 1230. The fourth-order valence-corrected chi connectivity index (χ4v) is 4.13. The van der Waals surface area contributed by atoms with Crippen molar-refractivity contribution in [2.45, 2.75) is 46.1 Å². The van der Waals surface area contributed by atoms with Gasteiger partial charge in [0.25, 0.3) is 5.91 Å². The van der Waals surface area contributed by atoms with Gasteiger partial charge in [0.2, 0.25) is 5.91 Å². The Morgan fingerprint density at radius 2 is 1.74 bits per heavy atom. The van der Waals surface area contributed by atoms with Crippen LogP contribution in [0.1, 0.15) is 42.7 Å². The van der Waals surface area contributed by atoms with E-state index < -0.39 is 29.9 Å². The summed E-state index contributed by atoms with van der Waals surface area (Å²) in [6, 6.07) is 16.5. The number of carbonyl (C=O) groups excluding carboxylic acids is 3. The number of aryl methyl sites for hydroxylation is 3. The largest absolute Gasteiger partial charge is 0.325 e. The number of amides is 4. The molecule has 2 heterocycles. The predicted octanol–water partition coefficient (Wildman–Crippen LogP) is 3.85. The molecule has 4 rings (SSSR count). The van der Waals surface area contributed by atoms with E-state index in [0.717, 1.165) is 34.7 Å². The van der Waals surface area contributed by atoms with Crippen molar-refractivity contribution >= 4 is 23.7 Å². The number of urea groups is 1. The summed E-state index contributed by atoms with van der Waals surface area (Å²) in [6.45, 7) is 7.19. The summed E-state index contributed by atoms with van der Waals surface area (Å²) in [4.78, 5) is 39.7. The minimum atomic E-state index is -1.22. The Labute approximate surface area is 199 Å². The number of hydrogen-bond acceptors (Lipinski definition) is 4. The van der Waals surface area contributed by atoms with E-state index in [0.29, 0.717) is 11.4 Å². The van der Waals surface area contributed by atoms with Crippen molar-refractivity contribution < 1.29 is 14.4 Å². The minimum Gasteiger partial charge on any atom is -0.319 e. The molecule has 4 amide bonds. The molecule has 0 bridgehead atoms. The van der Waals surface area contributed by atoms with Gasteiger partial charge in [-0.25, -0.2) is 9.48 Å². The molecule has 1 aromatic heterocycles. The molecule has 1 saturated heterocycles. The summed E-state index contributed by atoms with van der Waals surface area (Å²) in [5, 5.41) is 9.99. The van der Waals surface area contributed by atoms with Crippen LogP contribution in [0.3, 0.4) is 0 Å². The maximum Gasteiger partial charge on any atom is 0.325 e. The number of hydrogen-bond donors (Lipinski definition) is 2. The Kier molecular flexibility index (Phi) is 6.24. The van der Waals surface area contributed by atoms with Crippen LogP contribution in [0, 0.1) is 13.8 Å². The number of imide groups is 1. The first-order valence-electron chi connectivity index (χ1n) is 11.4. The molecule has 8 nitrogen and oxygen atoms in total. The predicted molar refractivity (Wildman–Crippen MR) is 130 cm³/mol. The highest BCUT2D eigenvalue weighted by Gasteiger charge is 2.49.